The van der Waals surface area contributed by atoms with Crippen LogP contribution in [0.3, 0.4) is 0 Å². The molecule has 0 amide bonds. The van der Waals surface area contributed by atoms with Gasteiger partial charge in [0.1, 0.15) is 5.75 Å². The van der Waals surface area contributed by atoms with Crippen LogP contribution < -0.4 is 10.1 Å². The molecular weight excluding hydrogens is 293 g/mol. The van der Waals surface area contributed by atoms with E-state index in [9.17, 15) is 0 Å². The topological polar surface area (TPSA) is 21.3 Å². The maximum absolute atomic E-state index is 6.16. The van der Waals surface area contributed by atoms with Crippen molar-refractivity contribution in [2.24, 2.45) is 0 Å². The summed E-state index contributed by atoms with van der Waals surface area (Å²) >= 11 is 12.1. The van der Waals surface area contributed by atoms with Crippen molar-refractivity contribution in [3.8, 4) is 5.75 Å². The molecule has 0 unspecified atom stereocenters. The van der Waals surface area contributed by atoms with Gasteiger partial charge in [-0.1, -0.05) is 29.3 Å². The molecule has 0 aliphatic rings. The second-order valence-electron chi connectivity index (χ2n) is 4.52. The van der Waals surface area contributed by atoms with Gasteiger partial charge in [0.05, 0.1) is 12.3 Å². The van der Waals surface area contributed by atoms with Crippen molar-refractivity contribution >= 4 is 28.9 Å². The van der Waals surface area contributed by atoms with Crippen LogP contribution in [0, 0.1) is 6.92 Å². The van der Waals surface area contributed by atoms with Crippen molar-refractivity contribution in [2.45, 2.75) is 20.4 Å². The van der Waals surface area contributed by atoms with Crippen LogP contribution >= 0.6 is 23.2 Å². The number of benzene rings is 2. The highest BCUT2D eigenvalue weighted by molar-refractivity contribution is 6.33. The lowest BCUT2D eigenvalue weighted by Gasteiger charge is -2.14. The van der Waals surface area contributed by atoms with Crippen LogP contribution in [0.15, 0.2) is 36.4 Å². The number of aryl methyl sites for hydroxylation is 1. The normalized spacial score (nSPS) is 10.4. The van der Waals surface area contributed by atoms with Crippen LogP contribution in [0.2, 0.25) is 10.0 Å². The van der Waals surface area contributed by atoms with E-state index < -0.39 is 0 Å². The Hall–Kier alpha value is -1.38. The first-order valence-electron chi connectivity index (χ1n) is 6.51. The highest BCUT2D eigenvalue weighted by atomic mass is 35.5. The predicted molar refractivity (Wildman–Crippen MR) is 86.1 cm³/mol. The van der Waals surface area contributed by atoms with E-state index in [1.54, 1.807) is 12.1 Å². The van der Waals surface area contributed by atoms with Crippen LogP contribution in [-0.4, -0.2) is 6.61 Å². The van der Waals surface area contributed by atoms with Crippen molar-refractivity contribution in [1.82, 2.24) is 0 Å². The Balaban J connectivity index is 2.16. The Kier molecular flexibility index (Phi) is 5.16. The summed E-state index contributed by atoms with van der Waals surface area (Å²) in [6.45, 7) is 5.25. The fraction of sp³-hybridized carbons (Fsp3) is 0.250. The lowest BCUT2D eigenvalue weighted by molar-refractivity contribution is 0.341. The van der Waals surface area contributed by atoms with Gasteiger partial charge in [-0.05, 0) is 55.3 Å². The summed E-state index contributed by atoms with van der Waals surface area (Å²) in [4.78, 5) is 0. The third-order valence-corrected chi connectivity index (χ3v) is 3.52. The number of rotatable bonds is 5. The number of hydrogen-bond acceptors (Lipinski definition) is 2. The second kappa shape index (κ2) is 6.87. The maximum Gasteiger partial charge on any atom is 0.142 e. The number of ether oxygens (including phenoxy) is 1. The molecule has 0 spiro atoms. The zero-order valence-corrected chi connectivity index (χ0v) is 13.1. The molecule has 0 bridgehead atoms. The molecule has 0 atom stereocenters. The lowest BCUT2D eigenvalue weighted by Crippen LogP contribution is -2.03. The number of halogens is 2. The third-order valence-electron chi connectivity index (χ3n) is 2.91. The summed E-state index contributed by atoms with van der Waals surface area (Å²) in [6, 6.07) is 11.5. The minimum atomic E-state index is 0.600. The SMILES string of the molecule is CCOc1cc(C)ccc1NCc1cc(Cl)ccc1Cl. The smallest absolute Gasteiger partial charge is 0.142 e. The van der Waals surface area contributed by atoms with Crippen LogP contribution in [0.1, 0.15) is 18.1 Å². The quantitative estimate of drug-likeness (QED) is 0.807. The molecule has 106 valence electrons. The number of nitrogens with one attached hydrogen (secondary N) is 1. The van der Waals surface area contributed by atoms with Gasteiger partial charge in [-0.25, -0.2) is 0 Å². The maximum atomic E-state index is 6.16. The molecule has 2 aromatic carbocycles. The van der Waals surface area contributed by atoms with Gasteiger partial charge in [-0.3, -0.25) is 0 Å². The van der Waals surface area contributed by atoms with Gasteiger partial charge >= 0.3 is 0 Å². The van der Waals surface area contributed by atoms with Gasteiger partial charge < -0.3 is 10.1 Å². The van der Waals surface area contributed by atoms with Gasteiger partial charge in [-0.15, -0.1) is 0 Å². The van der Waals surface area contributed by atoms with Crippen LogP contribution in [0.4, 0.5) is 5.69 Å². The molecule has 0 aliphatic heterocycles. The highest BCUT2D eigenvalue weighted by Gasteiger charge is 2.06. The number of anilines is 1. The summed E-state index contributed by atoms with van der Waals surface area (Å²) in [5, 5.41) is 4.72. The summed E-state index contributed by atoms with van der Waals surface area (Å²) < 4.78 is 5.64. The highest BCUT2D eigenvalue weighted by Crippen LogP contribution is 2.28. The van der Waals surface area contributed by atoms with Crippen LogP contribution in [-0.2, 0) is 6.54 Å². The monoisotopic (exact) mass is 309 g/mol. The molecule has 0 aromatic heterocycles. The minimum Gasteiger partial charge on any atom is -0.492 e. The summed E-state index contributed by atoms with van der Waals surface area (Å²) in [5.74, 6) is 0.852. The molecule has 4 heteroatoms. The molecule has 2 aromatic rings. The minimum absolute atomic E-state index is 0.600. The summed E-state index contributed by atoms with van der Waals surface area (Å²) in [6.07, 6.45) is 0. The van der Waals surface area contributed by atoms with Gasteiger partial charge in [-0.2, -0.15) is 0 Å². The molecule has 0 aliphatic carbocycles. The lowest BCUT2D eigenvalue weighted by atomic mass is 10.2. The van der Waals surface area contributed by atoms with E-state index in [0.29, 0.717) is 23.2 Å². The van der Waals surface area contributed by atoms with Gasteiger partial charge in [0.15, 0.2) is 0 Å². The van der Waals surface area contributed by atoms with Crippen molar-refractivity contribution in [1.29, 1.82) is 0 Å². The molecule has 1 N–H and O–H groups in total. The molecule has 0 saturated carbocycles. The fourth-order valence-corrected chi connectivity index (χ4v) is 2.30. The predicted octanol–water partition coefficient (Wildman–Crippen LogP) is 5.31. The zero-order valence-electron chi connectivity index (χ0n) is 11.5. The van der Waals surface area contributed by atoms with E-state index in [0.717, 1.165) is 17.0 Å². The van der Waals surface area contributed by atoms with E-state index in [2.05, 4.69) is 5.32 Å². The molecular formula is C16H17Cl2NO. The van der Waals surface area contributed by atoms with Crippen LogP contribution in [0.5, 0.6) is 5.75 Å². The van der Waals surface area contributed by atoms with Crippen LogP contribution in [0.25, 0.3) is 0 Å². The Morgan fingerprint density at radius 2 is 1.90 bits per heavy atom. The number of hydrogen-bond donors (Lipinski definition) is 1. The van der Waals surface area contributed by atoms with Gasteiger partial charge in [0.2, 0.25) is 0 Å². The van der Waals surface area contributed by atoms with Crippen molar-refractivity contribution in [3.63, 3.8) is 0 Å². The molecule has 0 radical (unpaired) electrons. The van der Waals surface area contributed by atoms with Crippen molar-refractivity contribution < 1.29 is 4.74 Å². The van der Waals surface area contributed by atoms with E-state index in [1.807, 2.05) is 38.1 Å². The second-order valence-corrected chi connectivity index (χ2v) is 5.37. The molecule has 0 fully saturated rings. The molecule has 0 heterocycles. The fourth-order valence-electron chi connectivity index (χ4n) is 1.92. The Morgan fingerprint density at radius 1 is 1.10 bits per heavy atom. The van der Waals surface area contributed by atoms with Gasteiger partial charge in [0, 0.05) is 16.6 Å². The molecule has 2 rings (SSSR count). The average molecular weight is 310 g/mol. The van der Waals surface area contributed by atoms with Crippen molar-refractivity contribution in [2.75, 3.05) is 11.9 Å². The molecule has 20 heavy (non-hydrogen) atoms. The van der Waals surface area contributed by atoms with E-state index in [1.165, 1.54) is 5.56 Å². The standard InChI is InChI=1S/C16H17Cl2NO/c1-3-20-16-8-11(2)4-7-15(16)19-10-12-9-13(17)5-6-14(12)18/h4-9,19H,3,10H2,1-2H3. The largest absolute Gasteiger partial charge is 0.492 e. The first-order chi connectivity index (χ1) is 9.60. The zero-order chi connectivity index (χ0) is 14.5. The Labute approximate surface area is 129 Å². The summed E-state index contributed by atoms with van der Waals surface area (Å²) in [5.41, 5.74) is 3.08. The summed E-state index contributed by atoms with van der Waals surface area (Å²) in [7, 11) is 0. The first-order valence-corrected chi connectivity index (χ1v) is 7.27. The van der Waals surface area contributed by atoms with E-state index in [-0.39, 0.29) is 0 Å². The molecule has 2 nitrogen and oxygen atoms in total. The van der Waals surface area contributed by atoms with E-state index >= 15 is 0 Å². The van der Waals surface area contributed by atoms with E-state index in [4.69, 9.17) is 27.9 Å². The Morgan fingerprint density at radius 3 is 2.65 bits per heavy atom. The average Bonchev–Trinajstić information content (AvgIpc) is 2.42. The Bertz CT molecular complexity index is 599. The first kappa shape index (κ1) is 15.0. The molecule has 0 saturated heterocycles. The van der Waals surface area contributed by atoms with Crippen molar-refractivity contribution in [3.05, 3.63) is 57.6 Å². The van der Waals surface area contributed by atoms with Gasteiger partial charge in [0.25, 0.3) is 0 Å². The third kappa shape index (κ3) is 3.81.